The van der Waals surface area contributed by atoms with Crippen LogP contribution in [-0.4, -0.2) is 30.8 Å². The zero-order valence-corrected chi connectivity index (χ0v) is 15.2. The van der Waals surface area contributed by atoms with Crippen molar-refractivity contribution >= 4 is 33.7 Å². The van der Waals surface area contributed by atoms with Crippen molar-refractivity contribution in [3.8, 4) is 6.01 Å². The van der Waals surface area contributed by atoms with Gasteiger partial charge in [-0.2, -0.15) is 4.98 Å². The Balaban J connectivity index is 1.93. The number of H-pyrrole nitrogens is 1. The molecule has 0 bridgehead atoms. The molecule has 0 fully saturated rings. The van der Waals surface area contributed by atoms with Crippen molar-refractivity contribution in [2.45, 2.75) is 6.54 Å². The van der Waals surface area contributed by atoms with Crippen LogP contribution in [0, 0.1) is 0 Å². The Kier molecular flexibility index (Phi) is 3.66. The monoisotopic (exact) mass is 373 g/mol. The third-order valence-corrected chi connectivity index (χ3v) is 4.81. The number of fused-ring (bicyclic) bond motifs is 2. The van der Waals surface area contributed by atoms with Crippen LogP contribution in [0.25, 0.3) is 22.1 Å². The number of nitrogens with one attached hydrogen (secondary N) is 1. The number of aromatic amines is 1. The summed E-state index contributed by atoms with van der Waals surface area (Å²) in [5.74, 6) is 0. The van der Waals surface area contributed by atoms with Crippen molar-refractivity contribution < 1.29 is 4.74 Å². The highest BCUT2D eigenvalue weighted by molar-refractivity contribution is 6.35. The Bertz CT molecular complexity index is 1280. The van der Waals surface area contributed by atoms with E-state index < -0.39 is 11.2 Å². The molecule has 3 heterocycles. The van der Waals surface area contributed by atoms with Crippen LogP contribution in [0.15, 0.2) is 33.9 Å². The second-order valence-corrected chi connectivity index (χ2v) is 6.47. The number of nitrogens with zero attached hydrogens (tertiary/aromatic N) is 4. The fourth-order valence-electron chi connectivity index (χ4n) is 3.18. The minimum absolute atomic E-state index is 0.0972. The van der Waals surface area contributed by atoms with Crippen molar-refractivity contribution in [2.75, 3.05) is 7.11 Å². The van der Waals surface area contributed by atoms with Gasteiger partial charge in [-0.15, -0.1) is 0 Å². The number of hydrogen-bond donors (Lipinski definition) is 1. The fourth-order valence-corrected chi connectivity index (χ4v) is 3.41. The van der Waals surface area contributed by atoms with Crippen LogP contribution in [0.1, 0.15) is 5.69 Å². The largest absolute Gasteiger partial charge is 0.468 e. The number of halogens is 1. The average molecular weight is 374 g/mol. The van der Waals surface area contributed by atoms with Crippen molar-refractivity contribution in [1.29, 1.82) is 0 Å². The summed E-state index contributed by atoms with van der Waals surface area (Å²) in [6.45, 7) is 0.0972. The van der Waals surface area contributed by atoms with Gasteiger partial charge in [-0.05, 0) is 12.1 Å². The maximum Gasteiger partial charge on any atom is 0.332 e. The Morgan fingerprint density at radius 1 is 1.23 bits per heavy atom. The first kappa shape index (κ1) is 16.5. The molecular weight excluding hydrogens is 358 g/mol. The highest BCUT2D eigenvalue weighted by atomic mass is 35.5. The Labute approximate surface area is 152 Å². The molecule has 0 aliphatic rings. The van der Waals surface area contributed by atoms with Gasteiger partial charge in [-0.1, -0.05) is 23.7 Å². The number of para-hydroxylation sites is 1. The number of rotatable bonds is 3. The van der Waals surface area contributed by atoms with Crippen molar-refractivity contribution in [1.82, 2.24) is 23.7 Å². The molecule has 0 aliphatic heterocycles. The van der Waals surface area contributed by atoms with E-state index in [1.165, 1.54) is 20.8 Å². The summed E-state index contributed by atoms with van der Waals surface area (Å²) in [6.07, 6.45) is 0. The molecule has 0 radical (unpaired) electrons. The molecule has 3 aromatic heterocycles. The molecule has 0 saturated heterocycles. The highest BCUT2D eigenvalue weighted by Gasteiger charge is 2.19. The number of methoxy groups -OCH3 is 1. The lowest BCUT2D eigenvalue weighted by Crippen LogP contribution is -2.39. The van der Waals surface area contributed by atoms with Gasteiger partial charge in [0.05, 0.1) is 24.2 Å². The lowest BCUT2D eigenvalue weighted by molar-refractivity contribution is 0.368. The average Bonchev–Trinajstić information content (AvgIpc) is 3.18. The van der Waals surface area contributed by atoms with Crippen molar-refractivity contribution in [2.24, 2.45) is 14.1 Å². The summed E-state index contributed by atoms with van der Waals surface area (Å²) < 4.78 is 9.21. The molecule has 0 unspecified atom stereocenters. The van der Waals surface area contributed by atoms with E-state index in [4.69, 9.17) is 16.3 Å². The lowest BCUT2D eigenvalue weighted by Gasteiger charge is -2.07. The van der Waals surface area contributed by atoms with Crippen LogP contribution in [0.2, 0.25) is 5.02 Å². The third-order valence-electron chi connectivity index (χ3n) is 4.49. The van der Waals surface area contributed by atoms with E-state index >= 15 is 0 Å². The van der Waals surface area contributed by atoms with Gasteiger partial charge < -0.3 is 9.72 Å². The number of ether oxygens (including phenoxy) is 1. The molecule has 1 N–H and O–H groups in total. The summed E-state index contributed by atoms with van der Waals surface area (Å²) >= 11 is 6.19. The van der Waals surface area contributed by atoms with Gasteiger partial charge in [0.2, 0.25) is 0 Å². The predicted molar refractivity (Wildman–Crippen MR) is 99.2 cm³/mol. The number of aryl methyl sites for hydroxylation is 2. The molecule has 134 valence electrons. The first-order chi connectivity index (χ1) is 12.4. The molecule has 0 saturated carbocycles. The van der Waals surface area contributed by atoms with E-state index in [-0.39, 0.29) is 18.2 Å². The Hall–Kier alpha value is -3.00. The summed E-state index contributed by atoms with van der Waals surface area (Å²) in [6, 6.07) is 7.69. The van der Waals surface area contributed by atoms with Gasteiger partial charge in [0.25, 0.3) is 11.6 Å². The molecule has 9 heteroatoms. The van der Waals surface area contributed by atoms with Crippen LogP contribution < -0.4 is 16.0 Å². The molecule has 26 heavy (non-hydrogen) atoms. The normalized spacial score (nSPS) is 11.5. The molecule has 0 amide bonds. The van der Waals surface area contributed by atoms with Gasteiger partial charge in [0, 0.05) is 25.2 Å². The summed E-state index contributed by atoms with van der Waals surface area (Å²) in [4.78, 5) is 33.0. The Morgan fingerprint density at radius 2 is 2.00 bits per heavy atom. The lowest BCUT2D eigenvalue weighted by atomic mass is 10.2. The molecule has 4 aromatic rings. The molecule has 4 rings (SSSR count). The molecular formula is C17H16ClN5O3. The maximum atomic E-state index is 12.9. The zero-order valence-electron chi connectivity index (χ0n) is 14.4. The molecule has 0 atom stereocenters. The first-order valence-corrected chi connectivity index (χ1v) is 8.26. The van der Waals surface area contributed by atoms with Crippen LogP contribution in [-0.2, 0) is 20.6 Å². The van der Waals surface area contributed by atoms with Gasteiger partial charge in [0.15, 0.2) is 11.2 Å². The number of benzene rings is 1. The van der Waals surface area contributed by atoms with Gasteiger partial charge >= 0.3 is 5.69 Å². The van der Waals surface area contributed by atoms with E-state index in [0.29, 0.717) is 16.2 Å². The second-order valence-electron chi connectivity index (χ2n) is 6.06. The molecule has 0 spiro atoms. The third kappa shape index (κ3) is 2.26. The minimum atomic E-state index is -0.451. The van der Waals surface area contributed by atoms with E-state index in [1.54, 1.807) is 20.2 Å². The second kappa shape index (κ2) is 5.77. The van der Waals surface area contributed by atoms with E-state index in [0.717, 1.165) is 10.9 Å². The van der Waals surface area contributed by atoms with Crippen molar-refractivity contribution in [3.05, 3.63) is 55.8 Å². The summed E-state index contributed by atoms with van der Waals surface area (Å²) in [5.41, 5.74) is 1.20. The van der Waals surface area contributed by atoms with Crippen LogP contribution in [0.4, 0.5) is 0 Å². The minimum Gasteiger partial charge on any atom is -0.468 e. The first-order valence-electron chi connectivity index (χ1n) is 7.88. The topological polar surface area (TPSA) is 86.8 Å². The predicted octanol–water partition coefficient (Wildman–Crippen LogP) is 1.63. The number of imidazole rings is 1. The molecule has 0 aliphatic carbocycles. The maximum absolute atomic E-state index is 12.9. The van der Waals surface area contributed by atoms with Crippen LogP contribution in [0.3, 0.4) is 0 Å². The summed E-state index contributed by atoms with van der Waals surface area (Å²) in [7, 11) is 4.72. The molecule has 1 aromatic carbocycles. The standard InChI is InChI=1S/C17H16ClN5O3/c1-21-13-14(20-16(21)26-3)22(2)17(25)23(15(13)24)8-10-7-9-5-4-6-11(18)12(9)19-10/h4-7,19H,8H2,1-3H3. The van der Waals surface area contributed by atoms with Gasteiger partial charge in [-0.25, -0.2) is 4.79 Å². The fraction of sp³-hybridized carbons (Fsp3) is 0.235. The number of hydrogen-bond acceptors (Lipinski definition) is 4. The van der Waals surface area contributed by atoms with Crippen molar-refractivity contribution in [3.63, 3.8) is 0 Å². The van der Waals surface area contributed by atoms with Crippen LogP contribution in [0.5, 0.6) is 6.01 Å². The van der Waals surface area contributed by atoms with E-state index in [1.807, 2.05) is 18.2 Å². The summed E-state index contributed by atoms with van der Waals surface area (Å²) in [5, 5.41) is 1.50. The highest BCUT2D eigenvalue weighted by Crippen LogP contribution is 2.23. The number of aromatic nitrogens is 5. The van der Waals surface area contributed by atoms with E-state index in [2.05, 4.69) is 9.97 Å². The Morgan fingerprint density at radius 3 is 2.69 bits per heavy atom. The zero-order chi connectivity index (χ0) is 18.6. The van der Waals surface area contributed by atoms with Crippen LogP contribution >= 0.6 is 11.6 Å². The molecule has 8 nitrogen and oxygen atoms in total. The van der Waals surface area contributed by atoms with Gasteiger partial charge in [0.1, 0.15) is 0 Å². The van der Waals surface area contributed by atoms with E-state index in [9.17, 15) is 9.59 Å². The smallest absolute Gasteiger partial charge is 0.332 e. The quantitative estimate of drug-likeness (QED) is 0.591. The van der Waals surface area contributed by atoms with Gasteiger partial charge in [-0.3, -0.25) is 18.5 Å². The SMILES string of the molecule is COc1nc2c(c(=O)n(Cc3cc4cccc(Cl)c4[nH]3)c(=O)n2C)n1C.